The van der Waals surface area contributed by atoms with Crippen molar-refractivity contribution in [2.75, 3.05) is 13.2 Å². The van der Waals surface area contributed by atoms with Crippen molar-refractivity contribution in [2.24, 2.45) is 5.92 Å². The maximum atomic E-state index is 14.3. The lowest BCUT2D eigenvalue weighted by Crippen LogP contribution is -2.46. The van der Waals surface area contributed by atoms with Gasteiger partial charge in [0.25, 0.3) is 0 Å². The summed E-state index contributed by atoms with van der Waals surface area (Å²) in [6.45, 7) is 9.17. The van der Waals surface area contributed by atoms with E-state index < -0.39 is 17.1 Å². The third kappa shape index (κ3) is 5.82. The van der Waals surface area contributed by atoms with Crippen molar-refractivity contribution >= 4 is 6.09 Å². The maximum Gasteiger partial charge on any atom is 0.407 e. The normalized spacial score (nSPS) is 14.4. The predicted molar refractivity (Wildman–Crippen MR) is 88.9 cm³/mol. The molecule has 0 saturated heterocycles. The van der Waals surface area contributed by atoms with Gasteiger partial charge in [0, 0.05) is 12.0 Å². The number of aliphatic hydroxyl groups excluding tert-OH is 1. The summed E-state index contributed by atoms with van der Waals surface area (Å²) in [6.07, 6.45) is -0.0318. The lowest BCUT2D eigenvalue weighted by atomic mass is 9.74. The van der Waals surface area contributed by atoms with Crippen molar-refractivity contribution in [3.05, 3.63) is 35.6 Å². The van der Waals surface area contributed by atoms with Crippen molar-refractivity contribution in [2.45, 2.75) is 52.1 Å². The number of carbonyl (C=O) groups excluding carboxylic acids is 1. The minimum absolute atomic E-state index is 0.109. The maximum absolute atomic E-state index is 14.3. The average Bonchev–Trinajstić information content (AvgIpc) is 2.42. The molecule has 1 aromatic rings. The van der Waals surface area contributed by atoms with E-state index in [1.807, 2.05) is 13.8 Å². The summed E-state index contributed by atoms with van der Waals surface area (Å²) < 4.78 is 19.5. The molecular formula is C18H28FNO3. The van der Waals surface area contributed by atoms with Crippen molar-refractivity contribution in [1.82, 2.24) is 5.32 Å². The molecule has 0 aliphatic heterocycles. The Hall–Kier alpha value is -1.62. The molecule has 130 valence electrons. The summed E-state index contributed by atoms with van der Waals surface area (Å²) in [4.78, 5) is 11.9. The first kappa shape index (κ1) is 19.4. The summed E-state index contributed by atoms with van der Waals surface area (Å²) >= 11 is 0. The molecule has 0 heterocycles. The third-order valence-corrected chi connectivity index (χ3v) is 3.52. The second-order valence-electron chi connectivity index (χ2n) is 7.37. The Bertz CT molecular complexity index is 525. The highest BCUT2D eigenvalue weighted by atomic mass is 19.1. The Labute approximate surface area is 138 Å². The molecule has 0 spiro atoms. The van der Waals surface area contributed by atoms with Gasteiger partial charge in [0.2, 0.25) is 0 Å². The van der Waals surface area contributed by atoms with Crippen LogP contribution in [-0.4, -0.2) is 30.0 Å². The van der Waals surface area contributed by atoms with Gasteiger partial charge in [0.1, 0.15) is 11.4 Å². The zero-order chi connectivity index (χ0) is 17.7. The van der Waals surface area contributed by atoms with Gasteiger partial charge in [0.05, 0.1) is 6.61 Å². The highest BCUT2D eigenvalue weighted by Crippen LogP contribution is 2.32. The number of hydrogen-bond donors (Lipinski definition) is 2. The van der Waals surface area contributed by atoms with E-state index in [1.165, 1.54) is 6.07 Å². The SMILES string of the molecule is CC(C)CC(CO)(CNC(=O)OC(C)(C)C)c1ccccc1F. The standard InChI is InChI=1S/C18H28FNO3/c1-13(2)10-18(12-21,14-8-6-7-9-15(14)19)11-20-16(22)23-17(3,4)5/h6-9,13,21H,10-12H2,1-5H3,(H,20,22). The highest BCUT2D eigenvalue weighted by Gasteiger charge is 2.35. The fourth-order valence-corrected chi connectivity index (χ4v) is 2.71. The molecule has 0 radical (unpaired) electrons. The van der Waals surface area contributed by atoms with Crippen LogP contribution in [0.2, 0.25) is 0 Å². The third-order valence-electron chi connectivity index (χ3n) is 3.52. The van der Waals surface area contributed by atoms with Gasteiger partial charge < -0.3 is 15.2 Å². The molecule has 0 aliphatic carbocycles. The number of hydrogen-bond acceptors (Lipinski definition) is 3. The van der Waals surface area contributed by atoms with Crippen LogP contribution in [0, 0.1) is 11.7 Å². The molecule has 0 saturated carbocycles. The minimum Gasteiger partial charge on any atom is -0.444 e. The number of alkyl carbamates (subject to hydrolysis) is 1. The van der Waals surface area contributed by atoms with E-state index in [2.05, 4.69) is 5.32 Å². The quantitative estimate of drug-likeness (QED) is 0.840. The zero-order valence-electron chi connectivity index (χ0n) is 14.6. The summed E-state index contributed by atoms with van der Waals surface area (Å²) in [5.74, 6) is -0.157. The lowest BCUT2D eigenvalue weighted by Gasteiger charge is -2.35. The second-order valence-corrected chi connectivity index (χ2v) is 7.37. The number of carbonyl (C=O) groups is 1. The summed E-state index contributed by atoms with van der Waals surface area (Å²) in [7, 11) is 0. The molecule has 1 atom stereocenters. The number of aliphatic hydroxyl groups is 1. The summed E-state index contributed by atoms with van der Waals surface area (Å²) in [5.41, 5.74) is -1.08. The van der Waals surface area contributed by atoms with Crippen LogP contribution in [0.4, 0.5) is 9.18 Å². The van der Waals surface area contributed by atoms with E-state index >= 15 is 0 Å². The van der Waals surface area contributed by atoms with Crippen molar-refractivity contribution in [3.63, 3.8) is 0 Å². The summed E-state index contributed by atoms with van der Waals surface area (Å²) in [5, 5.41) is 12.7. The predicted octanol–water partition coefficient (Wildman–Crippen LogP) is 3.63. The molecule has 0 fully saturated rings. The molecule has 1 rings (SSSR count). The summed E-state index contributed by atoms with van der Waals surface area (Å²) in [6, 6.07) is 6.37. The van der Waals surface area contributed by atoms with Crippen LogP contribution >= 0.6 is 0 Å². The molecule has 23 heavy (non-hydrogen) atoms. The number of amides is 1. The van der Waals surface area contributed by atoms with Gasteiger partial charge in [0.15, 0.2) is 0 Å². The number of benzene rings is 1. The van der Waals surface area contributed by atoms with Crippen LogP contribution < -0.4 is 5.32 Å². The molecule has 1 aromatic carbocycles. The van der Waals surface area contributed by atoms with Crippen LogP contribution in [0.5, 0.6) is 0 Å². The Morgan fingerprint density at radius 3 is 2.39 bits per heavy atom. The van der Waals surface area contributed by atoms with Gasteiger partial charge in [-0.3, -0.25) is 0 Å². The second kappa shape index (κ2) is 7.77. The Morgan fingerprint density at radius 2 is 1.91 bits per heavy atom. The van der Waals surface area contributed by atoms with E-state index in [4.69, 9.17) is 4.74 Å². The molecule has 0 bridgehead atoms. The van der Waals surface area contributed by atoms with Crippen LogP contribution in [0.15, 0.2) is 24.3 Å². The Balaban J connectivity index is 3.01. The molecule has 1 amide bonds. The van der Waals surface area contributed by atoms with E-state index in [1.54, 1.807) is 39.0 Å². The Morgan fingerprint density at radius 1 is 1.30 bits per heavy atom. The minimum atomic E-state index is -0.879. The largest absolute Gasteiger partial charge is 0.444 e. The average molecular weight is 325 g/mol. The molecule has 0 aromatic heterocycles. The monoisotopic (exact) mass is 325 g/mol. The molecule has 0 aliphatic rings. The van der Waals surface area contributed by atoms with Crippen LogP contribution in [0.3, 0.4) is 0 Å². The highest BCUT2D eigenvalue weighted by molar-refractivity contribution is 5.67. The van der Waals surface area contributed by atoms with E-state index in [9.17, 15) is 14.3 Å². The number of rotatable bonds is 6. The molecule has 1 unspecified atom stereocenters. The number of ether oxygens (including phenoxy) is 1. The Kier molecular flexibility index (Phi) is 6.57. The fourth-order valence-electron chi connectivity index (χ4n) is 2.71. The van der Waals surface area contributed by atoms with Crippen LogP contribution in [0.25, 0.3) is 0 Å². The topological polar surface area (TPSA) is 58.6 Å². The lowest BCUT2D eigenvalue weighted by molar-refractivity contribution is 0.0495. The van der Waals surface area contributed by atoms with Crippen LogP contribution in [-0.2, 0) is 10.2 Å². The first-order valence-corrected chi connectivity index (χ1v) is 7.92. The zero-order valence-corrected chi connectivity index (χ0v) is 14.6. The van der Waals surface area contributed by atoms with E-state index in [-0.39, 0.29) is 24.9 Å². The van der Waals surface area contributed by atoms with Gasteiger partial charge in [-0.2, -0.15) is 0 Å². The van der Waals surface area contributed by atoms with E-state index in [0.717, 1.165) is 0 Å². The fraction of sp³-hybridized carbons (Fsp3) is 0.611. The van der Waals surface area contributed by atoms with Gasteiger partial charge in [-0.05, 0) is 44.7 Å². The smallest absolute Gasteiger partial charge is 0.407 e. The molecule has 4 nitrogen and oxygen atoms in total. The van der Waals surface area contributed by atoms with Crippen molar-refractivity contribution in [1.29, 1.82) is 0 Å². The van der Waals surface area contributed by atoms with Gasteiger partial charge in [-0.15, -0.1) is 0 Å². The van der Waals surface area contributed by atoms with Gasteiger partial charge in [-0.25, -0.2) is 9.18 Å². The first-order valence-electron chi connectivity index (χ1n) is 7.92. The van der Waals surface area contributed by atoms with Crippen molar-refractivity contribution < 1.29 is 19.0 Å². The first-order chi connectivity index (χ1) is 10.6. The number of nitrogens with one attached hydrogen (secondary N) is 1. The van der Waals surface area contributed by atoms with Gasteiger partial charge >= 0.3 is 6.09 Å². The van der Waals surface area contributed by atoms with Crippen molar-refractivity contribution in [3.8, 4) is 0 Å². The molecular weight excluding hydrogens is 297 g/mol. The van der Waals surface area contributed by atoms with E-state index in [0.29, 0.717) is 12.0 Å². The molecule has 2 N–H and O–H groups in total. The van der Waals surface area contributed by atoms with Gasteiger partial charge in [-0.1, -0.05) is 32.0 Å². The number of halogens is 1. The molecule has 5 heteroatoms. The van der Waals surface area contributed by atoms with Crippen LogP contribution in [0.1, 0.15) is 46.6 Å².